The molecule has 1 unspecified atom stereocenters. The van der Waals surface area contributed by atoms with Gasteiger partial charge >= 0.3 is 0 Å². The first-order valence-electron chi connectivity index (χ1n) is 7.74. The van der Waals surface area contributed by atoms with E-state index in [0.29, 0.717) is 0 Å². The van der Waals surface area contributed by atoms with Crippen molar-refractivity contribution in [2.24, 2.45) is 5.73 Å². The van der Waals surface area contributed by atoms with E-state index in [1.165, 1.54) is 30.6 Å². The van der Waals surface area contributed by atoms with Gasteiger partial charge in [-0.15, -0.1) is 0 Å². The predicted molar refractivity (Wildman–Crippen MR) is 89.4 cm³/mol. The van der Waals surface area contributed by atoms with Crippen molar-refractivity contribution in [3.63, 3.8) is 0 Å². The molecule has 2 N–H and O–H groups in total. The monoisotopic (exact) mass is 301 g/mol. The molecule has 2 atom stereocenters. The first kappa shape index (κ1) is 14.7. The van der Waals surface area contributed by atoms with Gasteiger partial charge in [0.15, 0.2) is 0 Å². The van der Waals surface area contributed by atoms with Crippen LogP contribution in [0.3, 0.4) is 0 Å². The number of thioether (sulfide) groups is 1. The Morgan fingerprint density at radius 2 is 2.14 bits per heavy atom. The molecule has 0 radical (unpaired) electrons. The van der Waals surface area contributed by atoms with Gasteiger partial charge in [0.1, 0.15) is 0 Å². The fourth-order valence-corrected chi connectivity index (χ4v) is 4.24. The molecule has 2 aromatic rings. The fraction of sp³-hybridized carbons (Fsp3) is 0.471. The maximum absolute atomic E-state index is 6.41. The minimum Gasteiger partial charge on any atom is -0.332 e. The van der Waals surface area contributed by atoms with Crippen molar-refractivity contribution in [3.05, 3.63) is 54.1 Å². The van der Waals surface area contributed by atoms with Crippen LogP contribution in [0.1, 0.15) is 36.6 Å². The van der Waals surface area contributed by atoms with Crippen LogP contribution in [0.4, 0.5) is 0 Å². The molecule has 1 aromatic heterocycles. The molecule has 2 heterocycles. The Kier molecular flexibility index (Phi) is 4.99. The minimum atomic E-state index is 0.0171. The molecule has 1 saturated heterocycles. The largest absolute Gasteiger partial charge is 0.332 e. The second-order valence-corrected chi connectivity index (χ2v) is 7.16. The Bertz CT molecular complexity index is 546. The van der Waals surface area contributed by atoms with Gasteiger partial charge in [-0.1, -0.05) is 36.8 Å². The van der Waals surface area contributed by atoms with Crippen LogP contribution in [0.25, 0.3) is 0 Å². The molecule has 21 heavy (non-hydrogen) atoms. The fourth-order valence-electron chi connectivity index (χ4n) is 2.94. The van der Waals surface area contributed by atoms with Crippen LogP contribution < -0.4 is 5.73 Å². The lowest BCUT2D eigenvalue weighted by Gasteiger charge is -2.23. The molecule has 0 amide bonds. The van der Waals surface area contributed by atoms with Crippen LogP contribution in [-0.4, -0.2) is 20.6 Å². The van der Waals surface area contributed by atoms with Gasteiger partial charge in [0.25, 0.3) is 0 Å². The van der Waals surface area contributed by atoms with Gasteiger partial charge in [-0.2, -0.15) is 11.8 Å². The molecule has 1 aliphatic heterocycles. The van der Waals surface area contributed by atoms with Crippen molar-refractivity contribution in [2.45, 2.75) is 43.5 Å². The summed E-state index contributed by atoms with van der Waals surface area (Å²) in [5, 5.41) is 0.718. The molecule has 4 heteroatoms. The smallest absolute Gasteiger partial charge is 0.0949 e. The van der Waals surface area contributed by atoms with Crippen LogP contribution in [0.15, 0.2) is 42.9 Å². The number of imidazole rings is 1. The van der Waals surface area contributed by atoms with E-state index in [0.717, 1.165) is 23.9 Å². The van der Waals surface area contributed by atoms with Crippen LogP contribution >= 0.6 is 11.8 Å². The van der Waals surface area contributed by atoms with Gasteiger partial charge < -0.3 is 10.3 Å². The van der Waals surface area contributed by atoms with Crippen molar-refractivity contribution in [3.8, 4) is 0 Å². The van der Waals surface area contributed by atoms with E-state index in [-0.39, 0.29) is 6.04 Å². The van der Waals surface area contributed by atoms with E-state index >= 15 is 0 Å². The Morgan fingerprint density at radius 1 is 1.29 bits per heavy atom. The Balaban J connectivity index is 1.66. The van der Waals surface area contributed by atoms with E-state index in [1.54, 1.807) is 0 Å². The normalized spacial score (nSPS) is 20.3. The molecule has 0 aliphatic carbocycles. The molecule has 112 valence electrons. The number of nitrogens with two attached hydrogens (primary N) is 1. The van der Waals surface area contributed by atoms with Crippen molar-refractivity contribution < 1.29 is 0 Å². The zero-order chi connectivity index (χ0) is 14.5. The highest BCUT2D eigenvalue weighted by molar-refractivity contribution is 7.99. The lowest BCUT2D eigenvalue weighted by atomic mass is 10.0. The van der Waals surface area contributed by atoms with Crippen molar-refractivity contribution in [2.75, 3.05) is 5.75 Å². The number of benzene rings is 1. The maximum atomic E-state index is 6.41. The first-order chi connectivity index (χ1) is 10.3. The summed E-state index contributed by atoms with van der Waals surface area (Å²) in [4.78, 5) is 4.32. The second-order valence-electron chi connectivity index (χ2n) is 5.76. The lowest BCUT2D eigenvalue weighted by molar-refractivity contribution is 0.547. The van der Waals surface area contributed by atoms with Gasteiger partial charge in [-0.05, 0) is 30.6 Å². The molecule has 0 spiro atoms. The van der Waals surface area contributed by atoms with Gasteiger partial charge in [-0.25, -0.2) is 4.98 Å². The average molecular weight is 301 g/mol. The second kappa shape index (κ2) is 7.14. The van der Waals surface area contributed by atoms with Crippen LogP contribution in [0.2, 0.25) is 0 Å². The van der Waals surface area contributed by atoms with Crippen LogP contribution in [0, 0.1) is 0 Å². The number of hydrogen-bond acceptors (Lipinski definition) is 3. The summed E-state index contributed by atoms with van der Waals surface area (Å²) < 4.78 is 2.26. The summed E-state index contributed by atoms with van der Waals surface area (Å²) in [5.74, 6) is 1.30. The van der Waals surface area contributed by atoms with E-state index in [4.69, 9.17) is 5.73 Å². The first-order valence-corrected chi connectivity index (χ1v) is 8.79. The zero-order valence-corrected chi connectivity index (χ0v) is 13.1. The summed E-state index contributed by atoms with van der Waals surface area (Å²) in [6.07, 6.45) is 8.78. The van der Waals surface area contributed by atoms with Gasteiger partial charge in [-0.3, -0.25) is 0 Å². The molecular weight excluding hydrogens is 278 g/mol. The van der Waals surface area contributed by atoms with Crippen molar-refractivity contribution in [1.29, 1.82) is 0 Å². The van der Waals surface area contributed by atoms with Gasteiger partial charge in [0.05, 0.1) is 18.1 Å². The van der Waals surface area contributed by atoms with Gasteiger partial charge in [0.2, 0.25) is 0 Å². The lowest BCUT2D eigenvalue weighted by Crippen LogP contribution is -2.22. The van der Waals surface area contributed by atoms with E-state index < -0.39 is 0 Å². The van der Waals surface area contributed by atoms with Crippen LogP contribution in [0.5, 0.6) is 0 Å². The van der Waals surface area contributed by atoms with E-state index in [9.17, 15) is 0 Å². The highest BCUT2D eigenvalue weighted by Gasteiger charge is 2.18. The number of rotatable bonds is 5. The molecule has 1 aromatic carbocycles. The quantitative estimate of drug-likeness (QED) is 0.920. The van der Waals surface area contributed by atoms with E-state index in [1.807, 2.05) is 18.6 Å². The summed E-state index contributed by atoms with van der Waals surface area (Å²) in [5.41, 5.74) is 8.85. The molecule has 3 nitrogen and oxygen atoms in total. The Morgan fingerprint density at radius 3 is 2.90 bits per heavy atom. The number of hydrogen-bond donors (Lipinski definition) is 1. The Labute approximate surface area is 131 Å². The number of aromatic nitrogens is 2. The van der Waals surface area contributed by atoms with Crippen molar-refractivity contribution in [1.82, 2.24) is 9.55 Å². The van der Waals surface area contributed by atoms with E-state index in [2.05, 4.69) is 45.6 Å². The summed E-state index contributed by atoms with van der Waals surface area (Å²) in [6, 6.07) is 10.5. The summed E-state index contributed by atoms with van der Waals surface area (Å²) in [7, 11) is 0. The molecule has 0 bridgehead atoms. The third kappa shape index (κ3) is 3.89. The highest BCUT2D eigenvalue weighted by atomic mass is 32.2. The topological polar surface area (TPSA) is 43.8 Å². The van der Waals surface area contributed by atoms with Crippen LogP contribution in [-0.2, 0) is 13.0 Å². The standard InChI is InChI=1S/C17H23N3S/c18-16(10-14-6-2-1-3-7-14)17-11-19-13-20(17)12-15-8-4-5-9-21-15/h1-3,6-7,11,13,15-16H,4-5,8-10,12,18H2/t15?,16-/m1/s1. The average Bonchev–Trinajstić information content (AvgIpc) is 2.97. The predicted octanol–water partition coefficient (Wildman–Crippen LogP) is 3.41. The SMILES string of the molecule is N[C@H](Cc1ccccc1)c1cncn1CC1CCCCS1. The minimum absolute atomic E-state index is 0.0171. The molecular formula is C17H23N3S. The third-order valence-electron chi connectivity index (χ3n) is 4.10. The molecule has 1 fully saturated rings. The molecule has 3 rings (SSSR count). The third-order valence-corrected chi connectivity index (χ3v) is 5.48. The molecule has 0 saturated carbocycles. The zero-order valence-electron chi connectivity index (χ0n) is 12.3. The highest BCUT2D eigenvalue weighted by Crippen LogP contribution is 2.27. The molecule has 1 aliphatic rings. The number of nitrogens with zero attached hydrogens (tertiary/aromatic N) is 2. The summed E-state index contributed by atoms with van der Waals surface area (Å²) in [6.45, 7) is 1.04. The Hall–Kier alpha value is -1.26. The van der Waals surface area contributed by atoms with Gasteiger partial charge in [0, 0.05) is 18.0 Å². The maximum Gasteiger partial charge on any atom is 0.0949 e. The van der Waals surface area contributed by atoms with Crippen molar-refractivity contribution >= 4 is 11.8 Å². The summed E-state index contributed by atoms with van der Waals surface area (Å²) >= 11 is 2.10.